The van der Waals surface area contributed by atoms with Gasteiger partial charge in [0.25, 0.3) is 0 Å². The molecule has 1 saturated carbocycles. The monoisotopic (exact) mass is 483 g/mol. The molecule has 3 aromatic rings. The van der Waals surface area contributed by atoms with Crippen LogP contribution in [-0.4, -0.2) is 31.5 Å². The zero-order valence-electron chi connectivity index (χ0n) is 17.8. The Morgan fingerprint density at radius 3 is 2.24 bits per heavy atom. The summed E-state index contributed by atoms with van der Waals surface area (Å²) in [7, 11) is 0. The minimum absolute atomic E-state index is 0.00613. The molecule has 0 radical (unpaired) electrons. The molecule has 1 fully saturated rings. The third-order valence-corrected chi connectivity index (χ3v) is 5.44. The lowest BCUT2D eigenvalue weighted by molar-refractivity contribution is -0.141. The van der Waals surface area contributed by atoms with Gasteiger partial charge >= 0.3 is 12.4 Å². The van der Waals surface area contributed by atoms with Crippen LogP contribution in [0.4, 0.5) is 43.9 Å². The van der Waals surface area contributed by atoms with Gasteiger partial charge in [0.15, 0.2) is 5.82 Å². The summed E-state index contributed by atoms with van der Waals surface area (Å²) in [6, 6.07) is 5.34. The van der Waals surface area contributed by atoms with E-state index < -0.39 is 23.7 Å². The molecule has 3 aromatic heterocycles. The van der Waals surface area contributed by atoms with Crippen LogP contribution in [0.25, 0.3) is 11.5 Å². The maximum absolute atomic E-state index is 13.1. The van der Waals surface area contributed by atoms with Crippen molar-refractivity contribution in [2.45, 2.75) is 38.5 Å². The van der Waals surface area contributed by atoms with E-state index in [1.54, 1.807) is 0 Å². The number of halogens is 6. The quantitative estimate of drug-likeness (QED) is 0.434. The smallest absolute Gasteiger partial charge is 0.354 e. The lowest BCUT2D eigenvalue weighted by Crippen LogP contribution is -2.33. The molecule has 34 heavy (non-hydrogen) atoms. The highest BCUT2D eigenvalue weighted by molar-refractivity contribution is 5.59. The van der Waals surface area contributed by atoms with Crippen molar-refractivity contribution < 1.29 is 26.3 Å². The second-order valence-electron chi connectivity index (χ2n) is 8.28. The molecule has 3 heterocycles. The fourth-order valence-electron chi connectivity index (χ4n) is 3.38. The highest BCUT2D eigenvalue weighted by atomic mass is 19.4. The molecule has 1 aliphatic rings. The van der Waals surface area contributed by atoms with E-state index in [1.165, 1.54) is 18.2 Å². The van der Waals surface area contributed by atoms with Gasteiger partial charge in [0, 0.05) is 18.4 Å². The Morgan fingerprint density at radius 1 is 0.882 bits per heavy atom. The highest BCUT2D eigenvalue weighted by Gasteiger charge is 2.34. The molecule has 0 atom stereocenters. The van der Waals surface area contributed by atoms with E-state index in [0.717, 1.165) is 37.6 Å². The number of nitrogens with zero attached hydrogens (tertiary/aromatic N) is 5. The van der Waals surface area contributed by atoms with Gasteiger partial charge in [-0.15, -0.1) is 0 Å². The van der Waals surface area contributed by atoms with Crippen LogP contribution >= 0.6 is 0 Å². The van der Waals surface area contributed by atoms with Crippen LogP contribution in [0.3, 0.4) is 0 Å². The van der Waals surface area contributed by atoms with E-state index in [1.807, 2.05) is 0 Å². The van der Waals surface area contributed by atoms with Crippen LogP contribution in [-0.2, 0) is 12.4 Å². The van der Waals surface area contributed by atoms with Crippen molar-refractivity contribution in [2.24, 2.45) is 5.41 Å². The predicted octanol–water partition coefficient (Wildman–Crippen LogP) is 5.71. The van der Waals surface area contributed by atoms with Crippen molar-refractivity contribution in [3.8, 4) is 11.5 Å². The van der Waals surface area contributed by atoms with Gasteiger partial charge in [-0.05, 0) is 42.5 Å². The average Bonchev–Trinajstić information content (AvgIpc) is 2.75. The van der Waals surface area contributed by atoms with Crippen molar-refractivity contribution in [3.05, 3.63) is 47.9 Å². The summed E-state index contributed by atoms with van der Waals surface area (Å²) in [4.78, 5) is 19.3. The first kappa shape index (κ1) is 23.6. The van der Waals surface area contributed by atoms with Gasteiger partial charge in [0.2, 0.25) is 11.9 Å². The molecule has 13 heteroatoms. The fourth-order valence-corrected chi connectivity index (χ4v) is 3.38. The number of nitrogens with one attached hydrogen (secondary N) is 2. The summed E-state index contributed by atoms with van der Waals surface area (Å²) in [5.41, 5.74) is -2.39. The molecule has 2 N–H and O–H groups in total. The van der Waals surface area contributed by atoms with Gasteiger partial charge in [0.1, 0.15) is 17.1 Å². The van der Waals surface area contributed by atoms with E-state index in [0.29, 0.717) is 6.54 Å². The molecule has 0 spiro atoms. The third kappa shape index (κ3) is 5.51. The molecule has 4 rings (SSSR count). The lowest BCUT2D eigenvalue weighted by atomic mass is 9.70. The Hall–Kier alpha value is -3.51. The Labute approximate surface area is 190 Å². The Morgan fingerprint density at radius 2 is 1.59 bits per heavy atom. The molecule has 0 amide bonds. The van der Waals surface area contributed by atoms with Crippen LogP contribution in [0.1, 0.15) is 37.6 Å². The van der Waals surface area contributed by atoms with Gasteiger partial charge in [0.05, 0.1) is 0 Å². The number of aromatic nitrogens is 5. The molecule has 7 nitrogen and oxygen atoms in total. The van der Waals surface area contributed by atoms with E-state index >= 15 is 0 Å². The van der Waals surface area contributed by atoms with E-state index in [4.69, 9.17) is 0 Å². The number of hydrogen-bond donors (Lipinski definition) is 2. The summed E-state index contributed by atoms with van der Waals surface area (Å²) in [6.07, 6.45) is -5.28. The second kappa shape index (κ2) is 8.69. The lowest BCUT2D eigenvalue weighted by Gasteiger charge is -2.38. The van der Waals surface area contributed by atoms with E-state index in [-0.39, 0.29) is 34.5 Å². The number of hydrogen-bond acceptors (Lipinski definition) is 7. The molecule has 180 valence electrons. The van der Waals surface area contributed by atoms with Crippen LogP contribution < -0.4 is 10.6 Å². The fraction of sp³-hybridized carbons (Fsp3) is 0.381. The average molecular weight is 483 g/mol. The van der Waals surface area contributed by atoms with Crippen molar-refractivity contribution in [3.63, 3.8) is 0 Å². The van der Waals surface area contributed by atoms with Gasteiger partial charge < -0.3 is 10.6 Å². The molecular formula is C21H19F6N7. The van der Waals surface area contributed by atoms with Gasteiger partial charge in [-0.2, -0.15) is 41.3 Å². The first-order valence-corrected chi connectivity index (χ1v) is 10.3. The Kier molecular flexibility index (Phi) is 6.04. The number of anilines is 3. The molecule has 0 bridgehead atoms. The minimum atomic E-state index is -4.67. The van der Waals surface area contributed by atoms with Crippen LogP contribution in [0.5, 0.6) is 0 Å². The van der Waals surface area contributed by atoms with E-state index in [2.05, 4.69) is 42.5 Å². The maximum atomic E-state index is 13.1. The SMILES string of the molecule is CC1(CNc2nc(Nc3ccnc(C(F)(F)F)c3)nc(-c3cccc(C(F)(F)F)n3)n2)CCC1. The van der Waals surface area contributed by atoms with Gasteiger partial charge in [-0.25, -0.2) is 4.98 Å². The number of pyridine rings is 2. The minimum Gasteiger partial charge on any atom is -0.354 e. The Balaban J connectivity index is 1.69. The molecule has 0 unspecified atom stereocenters. The zero-order chi connectivity index (χ0) is 24.6. The molecular weight excluding hydrogens is 464 g/mol. The molecule has 0 aliphatic heterocycles. The van der Waals surface area contributed by atoms with Crippen molar-refractivity contribution in [2.75, 3.05) is 17.2 Å². The summed E-state index contributed by atoms with van der Waals surface area (Å²) in [5.74, 6) is -0.273. The zero-order valence-corrected chi connectivity index (χ0v) is 17.8. The molecule has 1 aliphatic carbocycles. The van der Waals surface area contributed by atoms with Crippen molar-refractivity contribution in [1.29, 1.82) is 0 Å². The molecule has 0 saturated heterocycles. The van der Waals surface area contributed by atoms with Crippen LogP contribution in [0.2, 0.25) is 0 Å². The van der Waals surface area contributed by atoms with Crippen LogP contribution in [0, 0.1) is 5.41 Å². The standard InChI is InChI=1S/C21H19F6N7/c1-19(7-3-8-19)11-29-17-32-16(13-4-2-5-14(31-13)20(22,23)24)33-18(34-17)30-12-6-9-28-15(10-12)21(25,26)27/h2,4-6,9-10H,3,7-8,11H2,1H3,(H2,28,29,30,32,33,34). The van der Waals surface area contributed by atoms with Gasteiger partial charge in [-0.1, -0.05) is 19.4 Å². The maximum Gasteiger partial charge on any atom is 0.433 e. The second-order valence-corrected chi connectivity index (χ2v) is 8.28. The number of rotatable bonds is 6. The summed E-state index contributed by atoms with van der Waals surface area (Å²) >= 11 is 0. The number of alkyl halides is 6. The Bertz CT molecular complexity index is 1170. The van der Waals surface area contributed by atoms with Crippen molar-refractivity contribution in [1.82, 2.24) is 24.9 Å². The largest absolute Gasteiger partial charge is 0.433 e. The topological polar surface area (TPSA) is 88.5 Å². The third-order valence-electron chi connectivity index (χ3n) is 5.44. The summed E-state index contributed by atoms with van der Waals surface area (Å²) < 4.78 is 78.4. The summed E-state index contributed by atoms with van der Waals surface area (Å²) in [5, 5.41) is 5.70. The van der Waals surface area contributed by atoms with Crippen molar-refractivity contribution >= 4 is 17.6 Å². The van der Waals surface area contributed by atoms with Gasteiger partial charge in [-0.3, -0.25) is 4.98 Å². The summed E-state index contributed by atoms with van der Waals surface area (Å²) in [6.45, 7) is 2.59. The van der Waals surface area contributed by atoms with Crippen LogP contribution in [0.15, 0.2) is 36.5 Å². The highest BCUT2D eigenvalue weighted by Crippen LogP contribution is 2.40. The molecule has 0 aromatic carbocycles. The first-order chi connectivity index (χ1) is 15.9. The van der Waals surface area contributed by atoms with E-state index in [9.17, 15) is 26.3 Å². The predicted molar refractivity (Wildman–Crippen MR) is 111 cm³/mol. The normalized spacial score (nSPS) is 15.5. The first-order valence-electron chi connectivity index (χ1n) is 10.3.